The zero-order chi connectivity index (χ0) is 10.7. The summed E-state index contributed by atoms with van der Waals surface area (Å²) >= 11 is 1.47. The summed E-state index contributed by atoms with van der Waals surface area (Å²) in [6.45, 7) is 0.124. The van der Waals surface area contributed by atoms with Crippen LogP contribution in [0, 0.1) is 0 Å². The number of fused-ring (bicyclic) bond motifs is 1. The molecule has 0 aromatic carbocycles. The molecule has 0 saturated carbocycles. The molecule has 0 unspecified atom stereocenters. The third kappa shape index (κ3) is 2.02. The summed E-state index contributed by atoms with van der Waals surface area (Å²) in [7, 11) is 1.76. The van der Waals surface area contributed by atoms with E-state index < -0.39 is 0 Å². The van der Waals surface area contributed by atoms with Gasteiger partial charge in [0.05, 0.1) is 12.9 Å². The van der Waals surface area contributed by atoms with Crippen LogP contribution in [0.2, 0.25) is 0 Å². The molecule has 2 aromatic heterocycles. The van der Waals surface area contributed by atoms with Crippen LogP contribution in [0.3, 0.4) is 0 Å². The molecule has 0 aliphatic heterocycles. The number of aliphatic hydroxyl groups excluding tert-OH is 1. The molecule has 0 bridgehead atoms. The number of H-pyrrole nitrogens is 1. The number of nitrogens with one attached hydrogen (secondary N) is 2. The van der Waals surface area contributed by atoms with Crippen LogP contribution in [0.5, 0.6) is 0 Å². The summed E-state index contributed by atoms with van der Waals surface area (Å²) in [6.07, 6.45) is 1.59. The second-order valence-corrected chi connectivity index (χ2v) is 3.86. The SMILES string of the molecule is CNc1nc(SCCO)c2[nH]cnc2n1. The number of rotatable bonds is 4. The highest BCUT2D eigenvalue weighted by Gasteiger charge is 2.08. The maximum absolute atomic E-state index is 8.77. The second-order valence-electron chi connectivity index (χ2n) is 2.78. The van der Waals surface area contributed by atoms with Crippen LogP contribution >= 0.6 is 11.8 Å². The topological polar surface area (TPSA) is 86.7 Å². The van der Waals surface area contributed by atoms with Crippen LogP contribution in [0.15, 0.2) is 11.4 Å². The normalized spacial score (nSPS) is 10.8. The van der Waals surface area contributed by atoms with Crippen molar-refractivity contribution >= 4 is 28.9 Å². The van der Waals surface area contributed by atoms with Crippen LogP contribution in [0.1, 0.15) is 0 Å². The van der Waals surface area contributed by atoms with Gasteiger partial charge in [-0.2, -0.15) is 4.98 Å². The summed E-state index contributed by atoms with van der Waals surface area (Å²) in [6, 6.07) is 0. The lowest BCUT2D eigenvalue weighted by Crippen LogP contribution is -1.99. The summed E-state index contributed by atoms with van der Waals surface area (Å²) in [4.78, 5) is 15.5. The van der Waals surface area contributed by atoms with Crippen molar-refractivity contribution in [2.24, 2.45) is 0 Å². The zero-order valence-corrected chi connectivity index (χ0v) is 9.01. The number of thioether (sulfide) groups is 1. The third-order valence-corrected chi connectivity index (χ3v) is 2.76. The van der Waals surface area contributed by atoms with E-state index in [9.17, 15) is 0 Å². The molecule has 0 amide bonds. The van der Waals surface area contributed by atoms with E-state index in [1.54, 1.807) is 13.4 Å². The average Bonchev–Trinajstić information content (AvgIpc) is 2.73. The van der Waals surface area contributed by atoms with Gasteiger partial charge in [0, 0.05) is 12.8 Å². The predicted molar refractivity (Wildman–Crippen MR) is 59.0 cm³/mol. The van der Waals surface area contributed by atoms with Crippen LogP contribution in [-0.2, 0) is 0 Å². The van der Waals surface area contributed by atoms with Gasteiger partial charge in [0.1, 0.15) is 10.5 Å². The van der Waals surface area contributed by atoms with Crippen molar-refractivity contribution in [2.45, 2.75) is 5.03 Å². The van der Waals surface area contributed by atoms with Gasteiger partial charge in [0.15, 0.2) is 5.65 Å². The van der Waals surface area contributed by atoms with Crippen molar-refractivity contribution in [3.63, 3.8) is 0 Å². The van der Waals surface area contributed by atoms with Crippen molar-refractivity contribution in [2.75, 3.05) is 24.7 Å². The van der Waals surface area contributed by atoms with Gasteiger partial charge in [0.25, 0.3) is 0 Å². The largest absolute Gasteiger partial charge is 0.396 e. The van der Waals surface area contributed by atoms with E-state index in [0.29, 0.717) is 17.3 Å². The fraction of sp³-hybridized carbons (Fsp3) is 0.375. The minimum atomic E-state index is 0.124. The van der Waals surface area contributed by atoms with Gasteiger partial charge in [-0.05, 0) is 0 Å². The Morgan fingerprint density at radius 3 is 3.13 bits per heavy atom. The molecular weight excluding hydrogens is 214 g/mol. The Bertz CT molecular complexity index is 457. The number of nitrogens with zero attached hydrogens (tertiary/aromatic N) is 3. The van der Waals surface area contributed by atoms with E-state index in [4.69, 9.17) is 5.11 Å². The summed E-state index contributed by atoms with van der Waals surface area (Å²) < 4.78 is 0. The van der Waals surface area contributed by atoms with Crippen LogP contribution in [0.4, 0.5) is 5.95 Å². The van der Waals surface area contributed by atoms with Crippen LogP contribution in [0.25, 0.3) is 11.2 Å². The van der Waals surface area contributed by atoms with Gasteiger partial charge >= 0.3 is 0 Å². The van der Waals surface area contributed by atoms with Gasteiger partial charge in [0.2, 0.25) is 5.95 Å². The minimum Gasteiger partial charge on any atom is -0.396 e. The number of aliphatic hydroxyl groups is 1. The average molecular weight is 225 g/mol. The Morgan fingerprint density at radius 2 is 2.40 bits per heavy atom. The van der Waals surface area contributed by atoms with Crippen molar-refractivity contribution in [3.05, 3.63) is 6.33 Å². The first-order valence-corrected chi connectivity index (χ1v) is 5.46. The van der Waals surface area contributed by atoms with Crippen molar-refractivity contribution in [3.8, 4) is 0 Å². The minimum absolute atomic E-state index is 0.124. The summed E-state index contributed by atoms with van der Waals surface area (Å²) in [5.41, 5.74) is 1.45. The van der Waals surface area contributed by atoms with E-state index >= 15 is 0 Å². The molecule has 2 heterocycles. The van der Waals surface area contributed by atoms with Gasteiger partial charge in [-0.15, -0.1) is 11.8 Å². The molecule has 2 aromatic rings. The van der Waals surface area contributed by atoms with E-state index in [0.717, 1.165) is 10.5 Å². The fourth-order valence-electron chi connectivity index (χ4n) is 1.17. The number of aromatic amines is 1. The highest BCUT2D eigenvalue weighted by molar-refractivity contribution is 7.99. The molecule has 15 heavy (non-hydrogen) atoms. The molecule has 80 valence electrons. The van der Waals surface area contributed by atoms with Gasteiger partial charge in [-0.1, -0.05) is 0 Å². The smallest absolute Gasteiger partial charge is 0.225 e. The molecule has 3 N–H and O–H groups in total. The number of imidazole rings is 1. The van der Waals surface area contributed by atoms with E-state index in [-0.39, 0.29) is 6.61 Å². The number of anilines is 1. The lowest BCUT2D eigenvalue weighted by atomic mass is 10.5. The molecule has 0 radical (unpaired) electrons. The summed E-state index contributed by atoms with van der Waals surface area (Å²) in [5.74, 6) is 1.14. The highest BCUT2D eigenvalue weighted by Crippen LogP contribution is 2.23. The van der Waals surface area contributed by atoms with Gasteiger partial charge in [-0.25, -0.2) is 9.97 Å². The highest BCUT2D eigenvalue weighted by atomic mass is 32.2. The maximum atomic E-state index is 8.77. The first kappa shape index (κ1) is 10.2. The first-order chi connectivity index (χ1) is 7.35. The van der Waals surface area contributed by atoms with Crippen LogP contribution < -0.4 is 5.32 Å². The fourth-order valence-corrected chi connectivity index (χ4v) is 1.90. The Hall–Kier alpha value is -1.34. The van der Waals surface area contributed by atoms with Gasteiger partial charge < -0.3 is 15.4 Å². The molecule has 0 saturated heterocycles. The molecule has 7 heteroatoms. The predicted octanol–water partition coefficient (Wildman–Crippen LogP) is 0.479. The summed E-state index contributed by atoms with van der Waals surface area (Å²) in [5, 5.41) is 12.4. The Balaban J connectivity index is 2.43. The molecule has 0 aliphatic carbocycles. The van der Waals surface area contributed by atoms with E-state index in [2.05, 4.69) is 25.3 Å². The monoisotopic (exact) mass is 225 g/mol. The number of hydrogen-bond acceptors (Lipinski definition) is 6. The molecule has 0 aliphatic rings. The Morgan fingerprint density at radius 1 is 1.53 bits per heavy atom. The van der Waals surface area contributed by atoms with Crippen molar-refractivity contribution in [1.82, 2.24) is 19.9 Å². The van der Waals surface area contributed by atoms with Crippen molar-refractivity contribution in [1.29, 1.82) is 0 Å². The van der Waals surface area contributed by atoms with Gasteiger partial charge in [-0.3, -0.25) is 0 Å². The third-order valence-electron chi connectivity index (χ3n) is 1.81. The molecular formula is C8H11N5OS. The maximum Gasteiger partial charge on any atom is 0.225 e. The van der Waals surface area contributed by atoms with Crippen molar-refractivity contribution < 1.29 is 5.11 Å². The lowest BCUT2D eigenvalue weighted by molar-refractivity contribution is 0.322. The number of aromatic nitrogens is 4. The quantitative estimate of drug-likeness (QED) is 0.518. The molecule has 0 atom stereocenters. The Kier molecular flexibility index (Phi) is 3.02. The van der Waals surface area contributed by atoms with Crippen LogP contribution in [-0.4, -0.2) is 44.4 Å². The molecule has 0 fully saturated rings. The Labute approximate surface area is 90.5 Å². The second kappa shape index (κ2) is 4.45. The molecule has 6 nitrogen and oxygen atoms in total. The number of hydrogen-bond donors (Lipinski definition) is 3. The van der Waals surface area contributed by atoms with E-state index in [1.807, 2.05) is 0 Å². The molecule has 2 rings (SSSR count). The lowest BCUT2D eigenvalue weighted by Gasteiger charge is -2.03. The van der Waals surface area contributed by atoms with E-state index in [1.165, 1.54) is 11.8 Å². The standard InChI is InChI=1S/C8H11N5OS/c1-9-8-12-6-5(10-4-11-6)7(13-8)15-3-2-14/h4,14H,2-3H2,1H3,(H2,9,10,11,12,13). The molecule has 0 spiro atoms. The zero-order valence-electron chi connectivity index (χ0n) is 8.19. The first-order valence-electron chi connectivity index (χ1n) is 4.47.